The van der Waals surface area contributed by atoms with Gasteiger partial charge in [0.1, 0.15) is 5.75 Å². The quantitative estimate of drug-likeness (QED) is 0.364. The summed E-state index contributed by atoms with van der Waals surface area (Å²) in [6.45, 7) is 1.17. The highest BCUT2D eigenvalue weighted by Crippen LogP contribution is 2.30. The normalized spacial score (nSPS) is 13.5. The van der Waals surface area contributed by atoms with Crippen molar-refractivity contribution in [2.75, 3.05) is 13.1 Å². The molecule has 6 heteroatoms. The van der Waals surface area contributed by atoms with Crippen LogP contribution in [0.5, 0.6) is 5.75 Å². The standard InChI is InChI=1S/C27H22N2O3S/c30-27-23(17-22-9-12-24(13-10-22)33(31,32)29-15-16-29)19-28-26-14-11-21(18-25(26)27)8-4-7-20-5-2-1-3-6-20/h1-3,5-6,9-14,18-19H,7,15-17H2,(H,28,30). The van der Waals surface area contributed by atoms with Gasteiger partial charge in [0.25, 0.3) is 0 Å². The SMILES string of the molecule is O=S(=O)(c1ccc(Cc2cnc3ccc(C#CCc4ccccc4)cc3c2O)cc1)N1CC1. The second-order valence-electron chi connectivity index (χ2n) is 8.05. The first-order chi connectivity index (χ1) is 16.0. The van der Waals surface area contributed by atoms with Gasteiger partial charge in [-0.2, -0.15) is 4.31 Å². The molecule has 0 unspecified atom stereocenters. The lowest BCUT2D eigenvalue weighted by molar-refractivity contribution is 0.475. The lowest BCUT2D eigenvalue weighted by Crippen LogP contribution is -2.11. The highest BCUT2D eigenvalue weighted by molar-refractivity contribution is 7.89. The first kappa shape index (κ1) is 21.2. The van der Waals surface area contributed by atoms with Crippen LogP contribution >= 0.6 is 0 Å². The molecule has 0 amide bonds. The van der Waals surface area contributed by atoms with Crippen LogP contribution in [0.4, 0.5) is 0 Å². The molecule has 1 aromatic heterocycles. The Morgan fingerprint density at radius 3 is 2.42 bits per heavy atom. The molecule has 5 nitrogen and oxygen atoms in total. The number of rotatable bonds is 5. The van der Waals surface area contributed by atoms with Crippen molar-refractivity contribution in [2.24, 2.45) is 0 Å². The van der Waals surface area contributed by atoms with E-state index in [2.05, 4.69) is 16.8 Å². The van der Waals surface area contributed by atoms with E-state index >= 15 is 0 Å². The van der Waals surface area contributed by atoms with Gasteiger partial charge in [-0.05, 0) is 41.5 Å². The van der Waals surface area contributed by atoms with E-state index in [4.69, 9.17) is 0 Å². The van der Waals surface area contributed by atoms with Crippen LogP contribution in [0.1, 0.15) is 22.3 Å². The van der Waals surface area contributed by atoms with Crippen molar-refractivity contribution in [3.63, 3.8) is 0 Å². The molecule has 4 aromatic rings. The van der Waals surface area contributed by atoms with Gasteiger partial charge in [-0.25, -0.2) is 8.42 Å². The molecule has 0 bridgehead atoms. The van der Waals surface area contributed by atoms with Gasteiger partial charge in [-0.3, -0.25) is 4.98 Å². The highest BCUT2D eigenvalue weighted by Gasteiger charge is 2.33. The molecule has 1 aliphatic rings. The molecule has 0 aliphatic carbocycles. The lowest BCUT2D eigenvalue weighted by atomic mass is 10.0. The van der Waals surface area contributed by atoms with E-state index < -0.39 is 10.0 Å². The summed E-state index contributed by atoms with van der Waals surface area (Å²) in [6, 6.07) is 22.5. The van der Waals surface area contributed by atoms with Crippen molar-refractivity contribution in [3.05, 3.63) is 101 Å². The molecule has 0 saturated carbocycles. The Bertz CT molecular complexity index is 1480. The Labute approximate surface area is 193 Å². The third kappa shape index (κ3) is 4.61. The largest absolute Gasteiger partial charge is 0.507 e. The molecule has 3 aromatic carbocycles. The van der Waals surface area contributed by atoms with Crippen LogP contribution in [0.25, 0.3) is 10.9 Å². The van der Waals surface area contributed by atoms with Gasteiger partial charge in [-0.15, -0.1) is 0 Å². The number of pyridine rings is 1. The molecule has 1 fully saturated rings. The van der Waals surface area contributed by atoms with Gasteiger partial charge >= 0.3 is 0 Å². The van der Waals surface area contributed by atoms with E-state index in [0.29, 0.717) is 47.3 Å². The van der Waals surface area contributed by atoms with Crippen molar-refractivity contribution in [1.29, 1.82) is 0 Å². The molecule has 5 rings (SSSR count). The maximum atomic E-state index is 12.3. The average Bonchev–Trinajstić information content (AvgIpc) is 3.69. The van der Waals surface area contributed by atoms with E-state index in [-0.39, 0.29) is 5.75 Å². The highest BCUT2D eigenvalue weighted by atomic mass is 32.2. The molecular weight excluding hydrogens is 432 g/mol. The number of hydrogen-bond donors (Lipinski definition) is 1. The fraction of sp³-hybridized carbons (Fsp3) is 0.148. The van der Waals surface area contributed by atoms with E-state index in [1.807, 2.05) is 48.5 Å². The Kier molecular flexibility index (Phi) is 5.59. The van der Waals surface area contributed by atoms with Gasteiger partial charge in [-0.1, -0.05) is 54.3 Å². The first-order valence-electron chi connectivity index (χ1n) is 10.7. The van der Waals surface area contributed by atoms with E-state index in [0.717, 1.165) is 16.7 Å². The van der Waals surface area contributed by atoms with Crippen molar-refractivity contribution in [3.8, 4) is 17.6 Å². The molecule has 0 atom stereocenters. The minimum Gasteiger partial charge on any atom is -0.507 e. The number of aromatic hydroxyl groups is 1. The number of sulfonamides is 1. The molecule has 1 N–H and O–H groups in total. The molecule has 1 aliphatic heterocycles. The molecule has 0 spiro atoms. The molecule has 33 heavy (non-hydrogen) atoms. The predicted octanol–water partition coefficient (Wildman–Crippen LogP) is 4.13. The minimum atomic E-state index is -3.36. The van der Waals surface area contributed by atoms with Crippen LogP contribution in [0.2, 0.25) is 0 Å². The minimum absolute atomic E-state index is 0.174. The zero-order valence-electron chi connectivity index (χ0n) is 17.9. The van der Waals surface area contributed by atoms with Gasteiger partial charge < -0.3 is 5.11 Å². The second kappa shape index (κ2) is 8.70. The van der Waals surface area contributed by atoms with Crippen LogP contribution in [-0.4, -0.2) is 35.9 Å². The summed E-state index contributed by atoms with van der Waals surface area (Å²) in [6.07, 6.45) is 2.77. The Morgan fingerprint density at radius 2 is 1.70 bits per heavy atom. The predicted molar refractivity (Wildman–Crippen MR) is 128 cm³/mol. The average molecular weight is 455 g/mol. The molecule has 164 valence electrons. The Morgan fingerprint density at radius 1 is 0.939 bits per heavy atom. The lowest BCUT2D eigenvalue weighted by Gasteiger charge is -2.09. The van der Waals surface area contributed by atoms with Crippen molar-refractivity contribution < 1.29 is 13.5 Å². The maximum Gasteiger partial charge on any atom is 0.243 e. The van der Waals surface area contributed by atoms with Crippen LogP contribution in [0, 0.1) is 11.8 Å². The molecular formula is C27H22N2O3S. The van der Waals surface area contributed by atoms with Crippen LogP contribution in [0.3, 0.4) is 0 Å². The maximum absolute atomic E-state index is 12.3. The van der Waals surface area contributed by atoms with E-state index in [9.17, 15) is 13.5 Å². The third-order valence-electron chi connectivity index (χ3n) is 5.65. The van der Waals surface area contributed by atoms with Crippen molar-refractivity contribution in [1.82, 2.24) is 9.29 Å². The van der Waals surface area contributed by atoms with Crippen molar-refractivity contribution in [2.45, 2.75) is 17.7 Å². The second-order valence-corrected chi connectivity index (χ2v) is 9.99. The van der Waals surface area contributed by atoms with Gasteiger partial charge in [0.15, 0.2) is 0 Å². The Balaban J connectivity index is 1.37. The summed E-state index contributed by atoms with van der Waals surface area (Å²) in [7, 11) is -3.36. The molecule has 2 heterocycles. The summed E-state index contributed by atoms with van der Waals surface area (Å²) < 4.78 is 26.1. The first-order valence-corrected chi connectivity index (χ1v) is 12.2. The van der Waals surface area contributed by atoms with E-state index in [1.165, 1.54) is 4.31 Å². The molecule has 1 saturated heterocycles. The summed E-state index contributed by atoms with van der Waals surface area (Å²) in [5.74, 6) is 6.52. The monoisotopic (exact) mass is 454 g/mol. The topological polar surface area (TPSA) is 70.3 Å². The summed E-state index contributed by atoms with van der Waals surface area (Å²) in [5.41, 5.74) is 4.25. The summed E-state index contributed by atoms with van der Waals surface area (Å²) in [4.78, 5) is 4.78. The van der Waals surface area contributed by atoms with Crippen molar-refractivity contribution >= 4 is 20.9 Å². The summed E-state index contributed by atoms with van der Waals surface area (Å²) in [5, 5.41) is 11.6. The van der Waals surface area contributed by atoms with Crippen LogP contribution in [-0.2, 0) is 22.9 Å². The number of aromatic nitrogens is 1. The number of hydrogen-bond acceptors (Lipinski definition) is 4. The fourth-order valence-corrected chi connectivity index (χ4v) is 5.04. The number of nitrogens with zero attached hydrogens (tertiary/aromatic N) is 2. The Hall–Kier alpha value is -3.66. The third-order valence-corrected chi connectivity index (χ3v) is 7.56. The van der Waals surface area contributed by atoms with Gasteiger partial charge in [0.05, 0.1) is 10.4 Å². The zero-order chi connectivity index (χ0) is 22.8. The molecule has 0 radical (unpaired) electrons. The van der Waals surface area contributed by atoms with Crippen LogP contribution in [0.15, 0.2) is 83.9 Å². The zero-order valence-corrected chi connectivity index (χ0v) is 18.7. The van der Waals surface area contributed by atoms with E-state index in [1.54, 1.807) is 30.5 Å². The number of benzene rings is 3. The smallest absolute Gasteiger partial charge is 0.243 e. The van der Waals surface area contributed by atoms with Gasteiger partial charge in [0.2, 0.25) is 10.0 Å². The summed E-state index contributed by atoms with van der Waals surface area (Å²) >= 11 is 0. The van der Waals surface area contributed by atoms with Crippen LogP contribution < -0.4 is 0 Å². The van der Waals surface area contributed by atoms with Gasteiger partial charge in [0, 0.05) is 48.6 Å². The number of fused-ring (bicyclic) bond motifs is 1. The fourth-order valence-electron chi connectivity index (χ4n) is 3.70.